The molecule has 1 N–H and O–H groups in total. The average molecular weight is 218 g/mol. The normalized spacial score (nSPS) is 25.6. The molecule has 2 rings (SSSR count). The minimum atomic E-state index is 0.702. The van der Waals surface area contributed by atoms with Crippen molar-refractivity contribution in [3.8, 4) is 0 Å². The van der Waals surface area contributed by atoms with Crippen molar-refractivity contribution in [3.05, 3.63) is 29.6 Å². The summed E-state index contributed by atoms with van der Waals surface area (Å²) in [6.07, 6.45) is 9.35. The second kappa shape index (κ2) is 5.44. The Morgan fingerprint density at radius 3 is 2.94 bits per heavy atom. The molecule has 2 unspecified atom stereocenters. The van der Waals surface area contributed by atoms with Gasteiger partial charge in [0.1, 0.15) is 0 Å². The zero-order valence-electron chi connectivity index (χ0n) is 10.4. The Hall–Kier alpha value is -0.890. The Kier molecular flexibility index (Phi) is 3.94. The summed E-state index contributed by atoms with van der Waals surface area (Å²) in [5, 5.41) is 3.69. The summed E-state index contributed by atoms with van der Waals surface area (Å²) in [5.74, 6) is 0.825. The molecule has 0 aromatic carbocycles. The average Bonchev–Trinajstić information content (AvgIpc) is 2.30. The topological polar surface area (TPSA) is 24.9 Å². The van der Waals surface area contributed by atoms with Gasteiger partial charge in [-0.15, -0.1) is 0 Å². The van der Waals surface area contributed by atoms with Crippen LogP contribution in [0.4, 0.5) is 0 Å². The largest absolute Gasteiger partial charge is 0.310 e. The number of aromatic nitrogens is 1. The fraction of sp³-hybridized carbons (Fsp3) is 0.643. The molecule has 1 aromatic heterocycles. The van der Waals surface area contributed by atoms with Crippen LogP contribution in [-0.4, -0.2) is 11.0 Å². The molecule has 0 bridgehead atoms. The number of pyridine rings is 1. The molecular weight excluding hydrogens is 196 g/mol. The van der Waals surface area contributed by atoms with Gasteiger partial charge in [-0.1, -0.05) is 19.8 Å². The first-order valence-corrected chi connectivity index (χ1v) is 6.40. The van der Waals surface area contributed by atoms with E-state index in [0.29, 0.717) is 6.04 Å². The standard InChI is InChI=1S/C14H22N2/c1-11-7-8-15-9-13(11)10-16-14-6-4-3-5-12(14)2/h7-9,12,14,16H,3-6,10H2,1-2H3. The van der Waals surface area contributed by atoms with Crippen LogP contribution in [0.1, 0.15) is 43.7 Å². The Bertz CT molecular complexity index is 335. The van der Waals surface area contributed by atoms with Crippen LogP contribution in [0.3, 0.4) is 0 Å². The first kappa shape index (κ1) is 11.6. The Balaban J connectivity index is 1.89. The van der Waals surface area contributed by atoms with E-state index in [9.17, 15) is 0 Å². The monoisotopic (exact) mass is 218 g/mol. The van der Waals surface area contributed by atoms with Gasteiger partial charge in [0.2, 0.25) is 0 Å². The quantitative estimate of drug-likeness (QED) is 0.843. The first-order chi connectivity index (χ1) is 7.77. The van der Waals surface area contributed by atoms with Crippen molar-refractivity contribution in [3.63, 3.8) is 0 Å². The van der Waals surface area contributed by atoms with E-state index in [1.54, 1.807) is 0 Å². The van der Waals surface area contributed by atoms with Crippen molar-refractivity contribution in [2.45, 2.75) is 52.1 Å². The molecule has 0 radical (unpaired) electrons. The molecule has 1 fully saturated rings. The summed E-state index contributed by atoms with van der Waals surface area (Å²) in [5.41, 5.74) is 2.67. The smallest absolute Gasteiger partial charge is 0.0315 e. The van der Waals surface area contributed by atoms with E-state index in [2.05, 4.69) is 30.2 Å². The van der Waals surface area contributed by atoms with Crippen LogP contribution >= 0.6 is 0 Å². The van der Waals surface area contributed by atoms with E-state index >= 15 is 0 Å². The molecule has 16 heavy (non-hydrogen) atoms. The molecule has 0 saturated heterocycles. The SMILES string of the molecule is Cc1ccncc1CNC1CCCCC1C. The highest BCUT2D eigenvalue weighted by atomic mass is 14.9. The Morgan fingerprint density at radius 2 is 2.19 bits per heavy atom. The molecular formula is C14H22N2. The molecule has 1 aliphatic rings. The molecule has 2 nitrogen and oxygen atoms in total. The highest BCUT2D eigenvalue weighted by Gasteiger charge is 2.20. The van der Waals surface area contributed by atoms with Crippen molar-refractivity contribution >= 4 is 0 Å². The maximum absolute atomic E-state index is 4.19. The number of nitrogens with zero attached hydrogens (tertiary/aromatic N) is 1. The lowest BCUT2D eigenvalue weighted by atomic mass is 9.86. The molecule has 88 valence electrons. The highest BCUT2D eigenvalue weighted by Crippen LogP contribution is 2.24. The van der Waals surface area contributed by atoms with E-state index in [4.69, 9.17) is 0 Å². The molecule has 0 spiro atoms. The van der Waals surface area contributed by atoms with Crippen LogP contribution in [-0.2, 0) is 6.54 Å². The number of rotatable bonds is 3. The van der Waals surface area contributed by atoms with E-state index in [1.165, 1.54) is 36.8 Å². The van der Waals surface area contributed by atoms with Gasteiger partial charge in [0.15, 0.2) is 0 Å². The lowest BCUT2D eigenvalue weighted by Crippen LogP contribution is -2.36. The van der Waals surface area contributed by atoms with Crippen LogP contribution in [0.2, 0.25) is 0 Å². The maximum Gasteiger partial charge on any atom is 0.0315 e. The van der Waals surface area contributed by atoms with Gasteiger partial charge in [0.05, 0.1) is 0 Å². The van der Waals surface area contributed by atoms with E-state index in [1.807, 2.05) is 12.4 Å². The van der Waals surface area contributed by atoms with E-state index < -0.39 is 0 Å². The molecule has 1 aliphatic carbocycles. The van der Waals surface area contributed by atoms with Gasteiger partial charge in [-0.2, -0.15) is 0 Å². The summed E-state index contributed by atoms with van der Waals surface area (Å²) >= 11 is 0. The van der Waals surface area contributed by atoms with Crippen LogP contribution < -0.4 is 5.32 Å². The Morgan fingerprint density at radius 1 is 1.38 bits per heavy atom. The van der Waals surface area contributed by atoms with Gasteiger partial charge in [-0.05, 0) is 42.9 Å². The lowest BCUT2D eigenvalue weighted by molar-refractivity contribution is 0.279. The van der Waals surface area contributed by atoms with Gasteiger partial charge in [-0.3, -0.25) is 4.98 Å². The third-order valence-corrected chi connectivity index (χ3v) is 3.81. The summed E-state index contributed by atoms with van der Waals surface area (Å²) in [6.45, 7) is 5.49. The van der Waals surface area contributed by atoms with Gasteiger partial charge in [0, 0.05) is 25.0 Å². The third kappa shape index (κ3) is 2.82. The molecule has 1 heterocycles. The van der Waals surface area contributed by atoms with Crippen molar-refractivity contribution in [2.75, 3.05) is 0 Å². The zero-order valence-corrected chi connectivity index (χ0v) is 10.4. The zero-order chi connectivity index (χ0) is 11.4. The van der Waals surface area contributed by atoms with Crippen molar-refractivity contribution in [2.24, 2.45) is 5.92 Å². The fourth-order valence-corrected chi connectivity index (χ4v) is 2.54. The number of aryl methyl sites for hydroxylation is 1. The molecule has 1 saturated carbocycles. The van der Waals surface area contributed by atoms with E-state index in [-0.39, 0.29) is 0 Å². The van der Waals surface area contributed by atoms with Gasteiger partial charge in [-0.25, -0.2) is 0 Å². The van der Waals surface area contributed by atoms with Gasteiger partial charge >= 0.3 is 0 Å². The van der Waals surface area contributed by atoms with Gasteiger partial charge < -0.3 is 5.32 Å². The second-order valence-corrected chi connectivity index (χ2v) is 5.05. The Labute approximate surface area is 98.5 Å². The lowest BCUT2D eigenvalue weighted by Gasteiger charge is -2.29. The molecule has 1 aromatic rings. The van der Waals surface area contributed by atoms with Crippen LogP contribution in [0.5, 0.6) is 0 Å². The summed E-state index contributed by atoms with van der Waals surface area (Å²) < 4.78 is 0. The number of nitrogens with one attached hydrogen (secondary N) is 1. The maximum atomic E-state index is 4.19. The van der Waals surface area contributed by atoms with Crippen LogP contribution in [0, 0.1) is 12.8 Å². The number of hydrogen-bond acceptors (Lipinski definition) is 2. The summed E-state index contributed by atoms with van der Waals surface area (Å²) in [4.78, 5) is 4.19. The minimum Gasteiger partial charge on any atom is -0.310 e. The molecule has 2 atom stereocenters. The highest BCUT2D eigenvalue weighted by molar-refractivity contribution is 5.21. The summed E-state index contributed by atoms with van der Waals surface area (Å²) in [7, 11) is 0. The molecule has 2 heteroatoms. The summed E-state index contributed by atoms with van der Waals surface area (Å²) in [6, 6.07) is 2.79. The second-order valence-electron chi connectivity index (χ2n) is 5.05. The van der Waals surface area contributed by atoms with Crippen molar-refractivity contribution in [1.82, 2.24) is 10.3 Å². The van der Waals surface area contributed by atoms with Crippen molar-refractivity contribution in [1.29, 1.82) is 0 Å². The predicted molar refractivity (Wildman–Crippen MR) is 67.2 cm³/mol. The fourth-order valence-electron chi connectivity index (χ4n) is 2.54. The predicted octanol–water partition coefficient (Wildman–Crippen LogP) is 3.06. The van der Waals surface area contributed by atoms with Crippen LogP contribution in [0.15, 0.2) is 18.5 Å². The third-order valence-electron chi connectivity index (χ3n) is 3.81. The van der Waals surface area contributed by atoms with Crippen LogP contribution in [0.25, 0.3) is 0 Å². The van der Waals surface area contributed by atoms with Gasteiger partial charge in [0.25, 0.3) is 0 Å². The molecule has 0 amide bonds. The minimum absolute atomic E-state index is 0.702. The number of hydrogen-bond donors (Lipinski definition) is 1. The van der Waals surface area contributed by atoms with E-state index in [0.717, 1.165) is 12.5 Å². The molecule has 0 aliphatic heterocycles. The van der Waals surface area contributed by atoms with Crippen molar-refractivity contribution < 1.29 is 0 Å². The first-order valence-electron chi connectivity index (χ1n) is 6.40.